The fourth-order valence-electron chi connectivity index (χ4n) is 4.11. The van der Waals surface area contributed by atoms with E-state index in [2.05, 4.69) is 84.9 Å². The second kappa shape index (κ2) is 6.24. The number of hydrogen-bond donors (Lipinski definition) is 0. The minimum atomic E-state index is 0.321. The van der Waals surface area contributed by atoms with Crippen LogP contribution in [0.3, 0.4) is 0 Å². The average molecular weight is 423 g/mol. The predicted octanol–water partition coefficient (Wildman–Crippen LogP) is 4.77. The maximum absolute atomic E-state index is 6.24. The summed E-state index contributed by atoms with van der Waals surface area (Å²) >= 11 is 0.321. The van der Waals surface area contributed by atoms with E-state index in [1.54, 1.807) is 0 Å². The zero-order valence-corrected chi connectivity index (χ0v) is 16.8. The minimum absolute atomic E-state index is 0.321. The fourth-order valence-corrected chi connectivity index (χ4v) is 6.40. The number of para-hydroxylation sites is 2. The van der Waals surface area contributed by atoms with E-state index in [4.69, 9.17) is 4.74 Å². The van der Waals surface area contributed by atoms with Gasteiger partial charge in [-0.15, -0.1) is 0 Å². The second-order valence-electron chi connectivity index (χ2n) is 6.94. The van der Waals surface area contributed by atoms with Crippen molar-refractivity contribution in [2.75, 3.05) is 0 Å². The van der Waals surface area contributed by atoms with Crippen LogP contribution in [0.4, 0.5) is 0 Å². The Kier molecular flexibility index (Phi) is 3.55. The monoisotopic (exact) mass is 424 g/mol. The van der Waals surface area contributed by atoms with Crippen molar-refractivity contribution in [3.8, 4) is 11.5 Å². The van der Waals surface area contributed by atoms with Crippen LogP contribution in [-0.4, -0.2) is 15.0 Å². The Morgan fingerprint density at radius 2 is 0.821 bits per heavy atom. The summed E-state index contributed by atoms with van der Waals surface area (Å²) in [6, 6.07) is 34.5. The molecule has 0 aliphatic carbocycles. The molecule has 0 radical (unpaired) electrons. The molecule has 0 amide bonds. The third-order valence-corrected chi connectivity index (χ3v) is 7.73. The summed E-state index contributed by atoms with van der Waals surface area (Å²) < 4.78 is 9.13. The topological polar surface area (TPSA) is 9.23 Å². The van der Waals surface area contributed by atoms with Crippen molar-refractivity contribution in [3.63, 3.8) is 0 Å². The first kappa shape index (κ1) is 15.9. The molecule has 0 spiro atoms. The maximum atomic E-state index is 6.24. The first-order chi connectivity index (χ1) is 13.9. The molecule has 0 aromatic heterocycles. The summed E-state index contributed by atoms with van der Waals surface area (Å²) in [6.45, 7) is 0. The Morgan fingerprint density at radius 1 is 0.429 bits per heavy atom. The van der Waals surface area contributed by atoms with Crippen LogP contribution >= 0.6 is 0 Å². The quantitative estimate of drug-likeness (QED) is 0.320. The zero-order chi connectivity index (χ0) is 18.5. The molecule has 132 valence electrons. The number of benzene rings is 4. The molecule has 0 N–H and O–H groups in total. The summed E-state index contributed by atoms with van der Waals surface area (Å²) in [4.78, 5) is 0. The van der Waals surface area contributed by atoms with Gasteiger partial charge in [0.15, 0.2) is 0 Å². The normalized spacial score (nSPS) is 13.7. The zero-order valence-electron chi connectivity index (χ0n) is 15.1. The predicted molar refractivity (Wildman–Crippen MR) is 116 cm³/mol. The molecular weight excluding hydrogens is 407 g/mol. The van der Waals surface area contributed by atoms with E-state index in [0.29, 0.717) is 15.0 Å². The van der Waals surface area contributed by atoms with E-state index in [1.165, 1.54) is 31.2 Å². The SMILES string of the molecule is c1ccc2c(c1)Oc1ccccc1C2=C1c2ccccc2[Se]c2ccccc21. The summed E-state index contributed by atoms with van der Waals surface area (Å²) in [5.74, 6) is 1.85. The summed E-state index contributed by atoms with van der Waals surface area (Å²) in [5.41, 5.74) is 7.62. The van der Waals surface area contributed by atoms with E-state index in [-0.39, 0.29) is 0 Å². The second-order valence-corrected chi connectivity index (χ2v) is 9.21. The molecule has 0 saturated heterocycles. The Hall–Kier alpha value is -3.06. The van der Waals surface area contributed by atoms with E-state index in [0.717, 1.165) is 22.6 Å². The van der Waals surface area contributed by atoms with Crippen LogP contribution in [-0.2, 0) is 0 Å². The summed E-state index contributed by atoms with van der Waals surface area (Å²) in [5, 5.41) is 0. The molecule has 0 fully saturated rings. The standard InChI is InChI=1S/C26H16OSe/c1-5-13-21-17(9-1)25(18-10-2-6-14-22(18)27-21)26-19-11-3-7-15-23(19)28-24-16-8-4-12-20(24)26/h1-16H. The third-order valence-electron chi connectivity index (χ3n) is 5.32. The van der Waals surface area contributed by atoms with Crippen molar-refractivity contribution in [2.45, 2.75) is 0 Å². The molecular formula is C26H16OSe. The van der Waals surface area contributed by atoms with E-state index >= 15 is 0 Å². The van der Waals surface area contributed by atoms with Gasteiger partial charge >= 0.3 is 171 Å². The Balaban J connectivity index is 1.80. The molecule has 1 nitrogen and oxygen atoms in total. The van der Waals surface area contributed by atoms with Crippen molar-refractivity contribution >= 4 is 35.0 Å². The van der Waals surface area contributed by atoms with Crippen LogP contribution in [0.15, 0.2) is 97.1 Å². The van der Waals surface area contributed by atoms with Crippen molar-refractivity contribution in [1.29, 1.82) is 0 Å². The van der Waals surface area contributed by atoms with Crippen molar-refractivity contribution < 1.29 is 4.74 Å². The third kappa shape index (κ3) is 2.32. The molecule has 0 atom stereocenters. The molecule has 0 saturated carbocycles. The summed E-state index contributed by atoms with van der Waals surface area (Å²) in [7, 11) is 0. The van der Waals surface area contributed by atoms with Crippen LogP contribution in [0, 0.1) is 0 Å². The van der Waals surface area contributed by atoms with Gasteiger partial charge in [-0.05, 0) is 0 Å². The van der Waals surface area contributed by atoms with E-state index in [9.17, 15) is 0 Å². The molecule has 2 aliphatic heterocycles. The van der Waals surface area contributed by atoms with Crippen LogP contribution in [0.1, 0.15) is 22.3 Å². The van der Waals surface area contributed by atoms with Gasteiger partial charge in [0.1, 0.15) is 0 Å². The molecule has 2 heterocycles. The molecule has 4 aromatic carbocycles. The van der Waals surface area contributed by atoms with Gasteiger partial charge in [-0.25, -0.2) is 0 Å². The van der Waals surface area contributed by atoms with Crippen molar-refractivity contribution in [3.05, 3.63) is 119 Å². The Labute approximate surface area is 170 Å². The number of fused-ring (bicyclic) bond motifs is 4. The fraction of sp³-hybridized carbons (Fsp3) is 0. The van der Waals surface area contributed by atoms with Crippen LogP contribution in [0.2, 0.25) is 0 Å². The van der Waals surface area contributed by atoms with Crippen molar-refractivity contribution in [2.24, 2.45) is 0 Å². The molecule has 2 heteroatoms. The van der Waals surface area contributed by atoms with Gasteiger partial charge in [-0.1, -0.05) is 0 Å². The molecule has 0 unspecified atom stereocenters. The number of hydrogen-bond acceptors (Lipinski definition) is 1. The molecule has 6 rings (SSSR count). The summed E-state index contributed by atoms with van der Waals surface area (Å²) in [6.07, 6.45) is 0. The Bertz CT molecular complexity index is 1070. The first-order valence-corrected chi connectivity index (χ1v) is 11.1. The molecule has 28 heavy (non-hydrogen) atoms. The average Bonchev–Trinajstić information content (AvgIpc) is 2.76. The van der Waals surface area contributed by atoms with Gasteiger partial charge < -0.3 is 0 Å². The van der Waals surface area contributed by atoms with E-state index in [1.807, 2.05) is 12.1 Å². The van der Waals surface area contributed by atoms with Gasteiger partial charge in [0.25, 0.3) is 0 Å². The van der Waals surface area contributed by atoms with Gasteiger partial charge in [-0.3, -0.25) is 0 Å². The van der Waals surface area contributed by atoms with Crippen molar-refractivity contribution in [1.82, 2.24) is 0 Å². The van der Waals surface area contributed by atoms with Crippen LogP contribution in [0.25, 0.3) is 11.1 Å². The van der Waals surface area contributed by atoms with Crippen LogP contribution < -0.4 is 13.7 Å². The molecule has 0 bridgehead atoms. The van der Waals surface area contributed by atoms with Gasteiger partial charge in [0.2, 0.25) is 0 Å². The van der Waals surface area contributed by atoms with Gasteiger partial charge in [0.05, 0.1) is 0 Å². The molecule has 2 aliphatic rings. The van der Waals surface area contributed by atoms with Crippen LogP contribution in [0.5, 0.6) is 11.5 Å². The Morgan fingerprint density at radius 3 is 1.36 bits per heavy atom. The number of rotatable bonds is 0. The van der Waals surface area contributed by atoms with E-state index < -0.39 is 0 Å². The molecule has 4 aromatic rings. The van der Waals surface area contributed by atoms with Gasteiger partial charge in [-0.2, -0.15) is 0 Å². The number of ether oxygens (including phenoxy) is 1. The van der Waals surface area contributed by atoms with Gasteiger partial charge in [0, 0.05) is 0 Å². The first-order valence-electron chi connectivity index (χ1n) is 9.38.